The van der Waals surface area contributed by atoms with Crippen molar-refractivity contribution >= 4 is 27.2 Å². The van der Waals surface area contributed by atoms with Crippen molar-refractivity contribution in [1.29, 1.82) is 10.5 Å². The minimum atomic E-state index is -3.93. The third-order valence-corrected chi connectivity index (χ3v) is 7.69. The summed E-state index contributed by atoms with van der Waals surface area (Å²) < 4.78 is 28.2. The van der Waals surface area contributed by atoms with Crippen LogP contribution in [0.2, 0.25) is 0 Å². The Balaban J connectivity index is 0.000000283. The predicted molar refractivity (Wildman–Crippen MR) is 144 cm³/mol. The van der Waals surface area contributed by atoms with Gasteiger partial charge >= 0.3 is 0 Å². The van der Waals surface area contributed by atoms with Crippen LogP contribution in [-0.2, 0) is 10.0 Å². The molecule has 186 valence electrons. The number of phenols is 1. The largest absolute Gasteiger partial charge is 0.507 e. The first kappa shape index (κ1) is 25.9. The second-order valence-corrected chi connectivity index (χ2v) is 10.1. The number of phenolic OH excluding ortho intramolecular Hbond substituents is 1. The van der Waals surface area contributed by atoms with E-state index >= 15 is 0 Å². The zero-order valence-electron chi connectivity index (χ0n) is 20.2. The molecule has 0 unspecified atom stereocenters. The third-order valence-electron chi connectivity index (χ3n) is 5.94. The first-order valence-corrected chi connectivity index (χ1v) is 12.8. The number of hydrogen-bond acceptors (Lipinski definition) is 6. The van der Waals surface area contributed by atoms with Gasteiger partial charge in [0.15, 0.2) is 0 Å². The Hall–Kier alpha value is -5.18. The highest BCUT2D eigenvalue weighted by Gasteiger charge is 2.26. The van der Waals surface area contributed by atoms with Crippen LogP contribution in [-0.4, -0.2) is 23.8 Å². The fourth-order valence-corrected chi connectivity index (χ4v) is 5.58. The van der Waals surface area contributed by atoms with Crippen molar-refractivity contribution < 1.29 is 18.3 Å². The number of para-hydroxylation sites is 1. The summed E-state index contributed by atoms with van der Waals surface area (Å²) in [4.78, 5) is 10.3. The molecule has 0 aliphatic rings. The van der Waals surface area contributed by atoms with E-state index in [2.05, 4.69) is 6.07 Å². The van der Waals surface area contributed by atoms with Crippen molar-refractivity contribution in [2.24, 2.45) is 0 Å². The zero-order chi connectivity index (χ0) is 27.3. The second-order valence-electron chi connectivity index (χ2n) is 8.27. The molecule has 0 aliphatic heterocycles. The van der Waals surface area contributed by atoms with Crippen molar-refractivity contribution in [2.45, 2.75) is 11.8 Å². The highest BCUT2D eigenvalue weighted by atomic mass is 32.2. The van der Waals surface area contributed by atoms with Crippen LogP contribution in [0.25, 0.3) is 22.2 Å². The molecular weight excluding hydrogens is 498 g/mol. The molecule has 0 fully saturated rings. The van der Waals surface area contributed by atoms with E-state index in [1.54, 1.807) is 67.6 Å². The molecule has 4 aromatic carbocycles. The maximum Gasteiger partial charge on any atom is 0.268 e. The van der Waals surface area contributed by atoms with E-state index < -0.39 is 10.0 Å². The normalized spacial score (nSPS) is 10.6. The summed E-state index contributed by atoms with van der Waals surface area (Å²) >= 11 is 0. The summed E-state index contributed by atoms with van der Waals surface area (Å²) in [5, 5.41) is 29.0. The SMILES string of the molecule is Cc1c(C#N)ccc(O)c1-c1cc2ccccc2n1S(=O)(=O)c1ccccc1.N#Cc1ccc(C=O)cc1. The summed E-state index contributed by atoms with van der Waals surface area (Å²) in [6, 6.07) is 30.4. The fraction of sp³-hybridized carbons (Fsp3) is 0.0333. The maximum atomic E-state index is 13.5. The smallest absolute Gasteiger partial charge is 0.268 e. The Bertz CT molecular complexity index is 1830. The van der Waals surface area contributed by atoms with Gasteiger partial charge in [-0.15, -0.1) is 0 Å². The number of nitriles is 2. The Morgan fingerprint density at radius 3 is 2.13 bits per heavy atom. The van der Waals surface area contributed by atoms with Crippen molar-refractivity contribution in [1.82, 2.24) is 3.97 Å². The number of aromatic hydroxyl groups is 1. The molecule has 0 amide bonds. The minimum absolute atomic E-state index is 0.0798. The van der Waals surface area contributed by atoms with Gasteiger partial charge in [0.1, 0.15) is 12.0 Å². The molecule has 1 heterocycles. The lowest BCUT2D eigenvalue weighted by atomic mass is 9.99. The van der Waals surface area contributed by atoms with Crippen LogP contribution in [0.15, 0.2) is 102 Å². The Morgan fingerprint density at radius 1 is 0.842 bits per heavy atom. The quantitative estimate of drug-likeness (QED) is 0.299. The summed E-state index contributed by atoms with van der Waals surface area (Å²) in [6.45, 7) is 1.70. The lowest BCUT2D eigenvalue weighted by Gasteiger charge is -2.15. The zero-order valence-corrected chi connectivity index (χ0v) is 21.1. The van der Waals surface area contributed by atoms with Gasteiger partial charge in [0.25, 0.3) is 10.0 Å². The molecule has 0 saturated heterocycles. The first-order chi connectivity index (χ1) is 18.3. The summed E-state index contributed by atoms with van der Waals surface area (Å²) in [7, 11) is -3.93. The molecule has 5 aromatic rings. The standard InChI is InChI=1S/C22H16N2O3S.C8H5NO/c1-15-17(14-23)11-12-21(25)22(15)20-13-16-7-5-6-10-19(16)24(20)28(26,27)18-8-3-2-4-9-18;9-5-7-1-3-8(6-10)4-2-7/h2-13,25H,1H3;1-4,6H. The number of carbonyl (C=O) groups is 1. The van der Waals surface area contributed by atoms with Crippen molar-refractivity contribution in [2.75, 3.05) is 0 Å². The van der Waals surface area contributed by atoms with E-state index in [-0.39, 0.29) is 10.6 Å². The van der Waals surface area contributed by atoms with Crippen LogP contribution in [0.4, 0.5) is 0 Å². The topological polar surface area (TPSA) is 124 Å². The lowest BCUT2D eigenvalue weighted by molar-refractivity contribution is 0.112. The van der Waals surface area contributed by atoms with E-state index in [4.69, 9.17) is 5.26 Å². The fourth-order valence-electron chi connectivity index (χ4n) is 4.04. The highest BCUT2D eigenvalue weighted by molar-refractivity contribution is 7.90. The molecule has 0 atom stereocenters. The summed E-state index contributed by atoms with van der Waals surface area (Å²) in [5.41, 5.74) is 3.22. The van der Waals surface area contributed by atoms with E-state index in [9.17, 15) is 23.6 Å². The Morgan fingerprint density at radius 2 is 1.50 bits per heavy atom. The molecular formula is C30H21N3O4S. The average Bonchev–Trinajstić information content (AvgIpc) is 3.34. The molecule has 1 N–H and O–H groups in total. The minimum Gasteiger partial charge on any atom is -0.507 e. The number of nitrogens with zero attached hydrogens (tertiary/aromatic N) is 3. The van der Waals surface area contributed by atoms with Crippen LogP contribution >= 0.6 is 0 Å². The van der Waals surface area contributed by atoms with Gasteiger partial charge in [0, 0.05) is 16.5 Å². The average molecular weight is 520 g/mol. The second kappa shape index (κ2) is 10.8. The number of hydrogen-bond donors (Lipinski definition) is 1. The monoisotopic (exact) mass is 519 g/mol. The number of carbonyl (C=O) groups excluding carboxylic acids is 1. The van der Waals surface area contributed by atoms with Crippen molar-refractivity contribution in [3.8, 4) is 29.1 Å². The molecule has 8 heteroatoms. The molecule has 0 radical (unpaired) electrons. The van der Waals surface area contributed by atoms with Crippen molar-refractivity contribution in [3.05, 3.63) is 119 Å². The maximum absolute atomic E-state index is 13.5. The molecule has 7 nitrogen and oxygen atoms in total. The number of benzene rings is 4. The Kier molecular flexibility index (Phi) is 7.38. The van der Waals surface area contributed by atoms with E-state index in [1.807, 2.05) is 18.2 Å². The summed E-state index contributed by atoms with van der Waals surface area (Å²) in [5.74, 6) is -0.0798. The van der Waals surface area contributed by atoms with Gasteiger partial charge in [-0.25, -0.2) is 12.4 Å². The molecule has 0 spiro atoms. The van der Waals surface area contributed by atoms with Crippen LogP contribution in [0.1, 0.15) is 27.0 Å². The van der Waals surface area contributed by atoms with E-state index in [0.29, 0.717) is 39.0 Å². The van der Waals surface area contributed by atoms with Crippen molar-refractivity contribution in [3.63, 3.8) is 0 Å². The van der Waals surface area contributed by atoms with Crippen LogP contribution in [0.5, 0.6) is 5.75 Å². The molecule has 38 heavy (non-hydrogen) atoms. The van der Waals surface area contributed by atoms with Crippen LogP contribution in [0, 0.1) is 29.6 Å². The van der Waals surface area contributed by atoms with Crippen LogP contribution in [0.3, 0.4) is 0 Å². The molecule has 0 bridgehead atoms. The number of rotatable bonds is 4. The predicted octanol–water partition coefficient (Wildman–Crippen LogP) is 5.80. The molecule has 0 aliphatic carbocycles. The third kappa shape index (κ3) is 4.90. The number of fused-ring (bicyclic) bond motifs is 1. The van der Waals surface area contributed by atoms with Gasteiger partial charge in [0.05, 0.1) is 39.4 Å². The van der Waals surface area contributed by atoms with Gasteiger partial charge in [-0.05, 0) is 61.0 Å². The van der Waals surface area contributed by atoms with Crippen LogP contribution < -0.4 is 0 Å². The van der Waals surface area contributed by atoms with E-state index in [1.165, 1.54) is 28.2 Å². The highest BCUT2D eigenvalue weighted by Crippen LogP contribution is 2.39. The molecule has 1 aromatic heterocycles. The summed E-state index contributed by atoms with van der Waals surface area (Å²) in [6.07, 6.45) is 0.751. The number of aromatic nitrogens is 1. The molecule has 5 rings (SSSR count). The van der Waals surface area contributed by atoms with Gasteiger partial charge in [-0.1, -0.05) is 48.5 Å². The molecule has 0 saturated carbocycles. The first-order valence-electron chi connectivity index (χ1n) is 11.4. The number of aldehydes is 1. The van der Waals surface area contributed by atoms with Gasteiger partial charge < -0.3 is 5.11 Å². The lowest BCUT2D eigenvalue weighted by Crippen LogP contribution is -2.14. The Labute approximate surface area is 220 Å². The van der Waals surface area contributed by atoms with E-state index in [0.717, 1.165) is 11.7 Å². The van der Waals surface area contributed by atoms with Gasteiger partial charge in [-0.2, -0.15) is 10.5 Å². The van der Waals surface area contributed by atoms with Gasteiger partial charge in [-0.3, -0.25) is 4.79 Å². The van der Waals surface area contributed by atoms with Gasteiger partial charge in [0.2, 0.25) is 0 Å².